The molecule has 0 bridgehead atoms. The summed E-state index contributed by atoms with van der Waals surface area (Å²) in [6, 6.07) is 8.46. The second-order valence-electron chi connectivity index (χ2n) is 5.86. The molecule has 0 saturated carbocycles. The summed E-state index contributed by atoms with van der Waals surface area (Å²) in [5.74, 6) is 1.60. The number of aromatic hydroxyl groups is 1. The van der Waals surface area contributed by atoms with E-state index in [4.69, 9.17) is 21.1 Å². The zero-order chi connectivity index (χ0) is 19.8. The number of halogens is 2. The van der Waals surface area contributed by atoms with Crippen LogP contribution in [-0.4, -0.2) is 30.5 Å². The first-order valence-electron chi connectivity index (χ1n) is 8.60. The lowest BCUT2D eigenvalue weighted by Crippen LogP contribution is -1.99. The standard InChI is InChI=1S/C21H22BrClO4/c1-3-10-27-21-17(22)11-14(12-20(21)26-2)4-6-18(24)15-5-7-19(25)16(13-15)8-9-23/h4-7,11-13,25H,3,8-10H2,1-2H3. The predicted molar refractivity (Wildman–Crippen MR) is 112 cm³/mol. The van der Waals surface area contributed by atoms with E-state index in [1.165, 1.54) is 12.1 Å². The van der Waals surface area contributed by atoms with Gasteiger partial charge in [0.2, 0.25) is 0 Å². The molecule has 2 aromatic rings. The molecule has 0 amide bonds. The van der Waals surface area contributed by atoms with Crippen molar-refractivity contribution in [2.75, 3.05) is 19.6 Å². The van der Waals surface area contributed by atoms with Gasteiger partial charge in [-0.15, -0.1) is 11.6 Å². The van der Waals surface area contributed by atoms with E-state index in [0.717, 1.165) is 16.5 Å². The van der Waals surface area contributed by atoms with Gasteiger partial charge in [0, 0.05) is 11.4 Å². The number of allylic oxidation sites excluding steroid dienone is 1. The Hall–Kier alpha value is -1.98. The SMILES string of the molecule is CCCOc1c(Br)cc(C=CC(=O)c2ccc(O)c(CCCl)c2)cc1OC. The van der Waals surface area contributed by atoms with Crippen molar-refractivity contribution in [2.24, 2.45) is 0 Å². The van der Waals surface area contributed by atoms with Crippen molar-refractivity contribution in [3.63, 3.8) is 0 Å². The topological polar surface area (TPSA) is 55.8 Å². The lowest BCUT2D eigenvalue weighted by atomic mass is 10.0. The highest BCUT2D eigenvalue weighted by Crippen LogP contribution is 2.37. The summed E-state index contributed by atoms with van der Waals surface area (Å²) in [6.45, 7) is 2.62. The number of ketones is 1. The van der Waals surface area contributed by atoms with Crippen LogP contribution in [0.25, 0.3) is 6.08 Å². The molecule has 0 atom stereocenters. The van der Waals surface area contributed by atoms with Gasteiger partial charge in [0.05, 0.1) is 18.2 Å². The first kappa shape index (κ1) is 21.3. The first-order valence-corrected chi connectivity index (χ1v) is 9.93. The highest BCUT2D eigenvalue weighted by molar-refractivity contribution is 9.10. The number of carbonyl (C=O) groups excluding carboxylic acids is 1. The van der Waals surface area contributed by atoms with E-state index < -0.39 is 0 Å². The Morgan fingerprint density at radius 1 is 1.30 bits per heavy atom. The Bertz CT molecular complexity index is 833. The monoisotopic (exact) mass is 452 g/mol. The van der Waals surface area contributed by atoms with E-state index in [-0.39, 0.29) is 11.5 Å². The quantitative estimate of drug-likeness (QED) is 0.304. The number of methoxy groups -OCH3 is 1. The van der Waals surface area contributed by atoms with Gasteiger partial charge in [-0.1, -0.05) is 13.0 Å². The van der Waals surface area contributed by atoms with Crippen molar-refractivity contribution < 1.29 is 19.4 Å². The van der Waals surface area contributed by atoms with Crippen LogP contribution in [0.1, 0.15) is 34.8 Å². The largest absolute Gasteiger partial charge is 0.508 e. The molecule has 0 aliphatic rings. The molecular formula is C21H22BrClO4. The Balaban J connectivity index is 2.23. The number of aryl methyl sites for hydroxylation is 1. The van der Waals surface area contributed by atoms with E-state index in [2.05, 4.69) is 15.9 Å². The van der Waals surface area contributed by atoms with Gasteiger partial charge < -0.3 is 14.6 Å². The summed E-state index contributed by atoms with van der Waals surface area (Å²) in [5.41, 5.74) is 1.96. The van der Waals surface area contributed by atoms with Crippen LogP contribution in [0.4, 0.5) is 0 Å². The Morgan fingerprint density at radius 3 is 2.74 bits per heavy atom. The molecular weight excluding hydrogens is 432 g/mol. The number of ether oxygens (including phenoxy) is 2. The minimum absolute atomic E-state index is 0.146. The molecule has 144 valence electrons. The van der Waals surface area contributed by atoms with Crippen molar-refractivity contribution in [1.82, 2.24) is 0 Å². The maximum absolute atomic E-state index is 12.5. The fraction of sp³-hybridized carbons (Fsp3) is 0.286. The number of phenolic OH excluding ortho intramolecular Hbond substituents is 1. The normalized spacial score (nSPS) is 11.0. The van der Waals surface area contributed by atoms with Crippen LogP contribution in [0, 0.1) is 0 Å². The van der Waals surface area contributed by atoms with E-state index >= 15 is 0 Å². The predicted octanol–water partition coefficient (Wildman–Crippen LogP) is 5.63. The summed E-state index contributed by atoms with van der Waals surface area (Å²) < 4.78 is 11.9. The Labute approximate surface area is 172 Å². The van der Waals surface area contributed by atoms with Gasteiger partial charge in [-0.05, 0) is 76.3 Å². The third kappa shape index (κ3) is 5.75. The van der Waals surface area contributed by atoms with E-state index in [9.17, 15) is 9.90 Å². The molecule has 0 radical (unpaired) electrons. The molecule has 4 nitrogen and oxygen atoms in total. The van der Waals surface area contributed by atoms with Crippen molar-refractivity contribution in [3.8, 4) is 17.2 Å². The van der Waals surface area contributed by atoms with E-state index in [1.54, 1.807) is 25.3 Å². The van der Waals surface area contributed by atoms with Gasteiger partial charge in [-0.3, -0.25) is 4.79 Å². The van der Waals surface area contributed by atoms with Crippen LogP contribution in [0.3, 0.4) is 0 Å². The number of rotatable bonds is 9. The number of phenols is 1. The van der Waals surface area contributed by atoms with Gasteiger partial charge in [0.25, 0.3) is 0 Å². The van der Waals surface area contributed by atoms with Crippen molar-refractivity contribution >= 4 is 39.4 Å². The first-order chi connectivity index (χ1) is 13.0. The zero-order valence-electron chi connectivity index (χ0n) is 15.3. The second kappa shape index (κ2) is 10.4. The summed E-state index contributed by atoms with van der Waals surface area (Å²) >= 11 is 9.22. The summed E-state index contributed by atoms with van der Waals surface area (Å²) in [5, 5.41) is 9.81. The molecule has 2 aromatic carbocycles. The Morgan fingerprint density at radius 2 is 2.07 bits per heavy atom. The fourth-order valence-electron chi connectivity index (χ4n) is 2.49. The minimum Gasteiger partial charge on any atom is -0.508 e. The molecule has 0 spiro atoms. The van der Waals surface area contributed by atoms with Gasteiger partial charge in [-0.25, -0.2) is 0 Å². The Kier molecular flexibility index (Phi) is 8.20. The number of carbonyl (C=O) groups is 1. The highest BCUT2D eigenvalue weighted by Gasteiger charge is 2.11. The lowest BCUT2D eigenvalue weighted by molar-refractivity contribution is 0.104. The zero-order valence-corrected chi connectivity index (χ0v) is 17.6. The van der Waals surface area contributed by atoms with Gasteiger partial charge in [0.15, 0.2) is 17.3 Å². The molecule has 0 heterocycles. The summed E-state index contributed by atoms with van der Waals surface area (Å²) in [7, 11) is 1.58. The lowest BCUT2D eigenvalue weighted by Gasteiger charge is -2.13. The van der Waals surface area contributed by atoms with Crippen LogP contribution in [0.15, 0.2) is 40.9 Å². The van der Waals surface area contributed by atoms with Crippen LogP contribution in [0.2, 0.25) is 0 Å². The van der Waals surface area contributed by atoms with Gasteiger partial charge >= 0.3 is 0 Å². The minimum atomic E-state index is -0.160. The summed E-state index contributed by atoms with van der Waals surface area (Å²) in [4.78, 5) is 12.5. The molecule has 27 heavy (non-hydrogen) atoms. The molecule has 0 saturated heterocycles. The number of hydrogen-bond donors (Lipinski definition) is 1. The smallest absolute Gasteiger partial charge is 0.185 e. The van der Waals surface area contributed by atoms with Crippen molar-refractivity contribution in [1.29, 1.82) is 0 Å². The molecule has 2 rings (SSSR count). The molecule has 0 fully saturated rings. The van der Waals surface area contributed by atoms with E-state index in [0.29, 0.717) is 41.5 Å². The molecule has 0 unspecified atom stereocenters. The maximum Gasteiger partial charge on any atom is 0.185 e. The van der Waals surface area contributed by atoms with Crippen LogP contribution >= 0.6 is 27.5 Å². The number of alkyl halides is 1. The molecule has 1 N–H and O–H groups in total. The fourth-order valence-corrected chi connectivity index (χ4v) is 3.27. The molecule has 0 aromatic heterocycles. The molecule has 0 aliphatic carbocycles. The average molecular weight is 454 g/mol. The van der Waals surface area contributed by atoms with Gasteiger partial charge in [-0.2, -0.15) is 0 Å². The molecule has 0 aliphatic heterocycles. The summed E-state index contributed by atoms with van der Waals surface area (Å²) in [6.07, 6.45) is 4.60. The van der Waals surface area contributed by atoms with Crippen LogP contribution in [0.5, 0.6) is 17.2 Å². The highest BCUT2D eigenvalue weighted by atomic mass is 79.9. The van der Waals surface area contributed by atoms with Crippen molar-refractivity contribution in [2.45, 2.75) is 19.8 Å². The average Bonchev–Trinajstić information content (AvgIpc) is 2.66. The maximum atomic E-state index is 12.5. The van der Waals surface area contributed by atoms with Crippen LogP contribution in [-0.2, 0) is 6.42 Å². The third-order valence-corrected chi connectivity index (χ3v) is 4.64. The number of hydrogen-bond acceptors (Lipinski definition) is 4. The van der Waals surface area contributed by atoms with Crippen LogP contribution < -0.4 is 9.47 Å². The number of benzene rings is 2. The van der Waals surface area contributed by atoms with Crippen molar-refractivity contribution in [3.05, 3.63) is 57.6 Å². The third-order valence-electron chi connectivity index (χ3n) is 3.86. The van der Waals surface area contributed by atoms with E-state index in [1.807, 2.05) is 19.1 Å². The second-order valence-corrected chi connectivity index (χ2v) is 7.09. The molecule has 6 heteroatoms. The van der Waals surface area contributed by atoms with Gasteiger partial charge in [0.1, 0.15) is 5.75 Å².